The van der Waals surface area contributed by atoms with Gasteiger partial charge in [-0.2, -0.15) is 15.0 Å². The number of hydrogen-bond donors (Lipinski definition) is 1. The summed E-state index contributed by atoms with van der Waals surface area (Å²) in [6, 6.07) is 8.81. The highest BCUT2D eigenvalue weighted by Crippen LogP contribution is 2.23. The molecular formula is C14H17N5O. The topological polar surface area (TPSA) is 63.2 Å². The Balaban J connectivity index is 1.91. The van der Waals surface area contributed by atoms with Gasteiger partial charge in [-0.15, -0.1) is 0 Å². The molecule has 0 atom stereocenters. The van der Waals surface area contributed by atoms with Crippen LogP contribution in [0.25, 0.3) is 0 Å². The summed E-state index contributed by atoms with van der Waals surface area (Å²) >= 11 is 0. The van der Waals surface area contributed by atoms with Crippen molar-refractivity contribution in [1.82, 2.24) is 15.0 Å². The van der Waals surface area contributed by atoms with Gasteiger partial charge in [-0.05, 0) is 17.5 Å². The van der Waals surface area contributed by atoms with Gasteiger partial charge >= 0.3 is 6.01 Å². The Morgan fingerprint density at radius 1 is 1.15 bits per heavy atom. The maximum absolute atomic E-state index is 5.13. The van der Waals surface area contributed by atoms with Crippen LogP contribution in [0.4, 0.5) is 11.9 Å². The minimum atomic E-state index is 0.332. The smallest absolute Gasteiger partial charge is 0.322 e. The van der Waals surface area contributed by atoms with Crippen molar-refractivity contribution in [1.29, 1.82) is 0 Å². The minimum Gasteiger partial charge on any atom is -0.467 e. The summed E-state index contributed by atoms with van der Waals surface area (Å²) < 4.78 is 5.13. The first-order chi connectivity index (χ1) is 9.80. The van der Waals surface area contributed by atoms with E-state index in [1.54, 1.807) is 14.2 Å². The third-order valence-corrected chi connectivity index (χ3v) is 3.42. The molecule has 1 aromatic heterocycles. The second-order valence-corrected chi connectivity index (χ2v) is 4.64. The van der Waals surface area contributed by atoms with E-state index < -0.39 is 0 Å². The van der Waals surface area contributed by atoms with Gasteiger partial charge in [-0.3, -0.25) is 0 Å². The standard InChI is InChI=1S/C14H17N5O/c1-15-12-16-13(18-14(17-12)20-2)19-8-7-10-5-3-4-6-11(10)9-19/h3-6H,7-9H2,1-2H3,(H,15,16,17,18). The van der Waals surface area contributed by atoms with Crippen molar-refractivity contribution in [2.75, 3.05) is 30.9 Å². The second-order valence-electron chi connectivity index (χ2n) is 4.64. The molecule has 0 fully saturated rings. The van der Waals surface area contributed by atoms with Crippen LogP contribution in [0, 0.1) is 0 Å². The van der Waals surface area contributed by atoms with Gasteiger partial charge < -0.3 is 15.0 Å². The summed E-state index contributed by atoms with van der Waals surface area (Å²) in [5.41, 5.74) is 2.72. The van der Waals surface area contributed by atoms with E-state index in [9.17, 15) is 0 Å². The number of aromatic nitrogens is 3. The lowest BCUT2D eigenvalue weighted by Crippen LogP contribution is -2.32. The van der Waals surface area contributed by atoms with Gasteiger partial charge in [0.1, 0.15) is 0 Å². The molecule has 0 spiro atoms. The molecule has 0 unspecified atom stereocenters. The van der Waals surface area contributed by atoms with E-state index in [-0.39, 0.29) is 0 Å². The first-order valence-corrected chi connectivity index (χ1v) is 6.59. The summed E-state index contributed by atoms with van der Waals surface area (Å²) in [5.74, 6) is 1.17. The minimum absolute atomic E-state index is 0.332. The third kappa shape index (κ3) is 2.36. The molecule has 0 bridgehead atoms. The fourth-order valence-corrected chi connectivity index (χ4v) is 2.36. The van der Waals surface area contributed by atoms with Gasteiger partial charge in [0.25, 0.3) is 0 Å². The van der Waals surface area contributed by atoms with Crippen molar-refractivity contribution in [3.8, 4) is 6.01 Å². The number of hydrogen-bond acceptors (Lipinski definition) is 6. The molecule has 1 aromatic carbocycles. The maximum atomic E-state index is 5.13. The largest absolute Gasteiger partial charge is 0.467 e. The highest BCUT2D eigenvalue weighted by atomic mass is 16.5. The van der Waals surface area contributed by atoms with E-state index in [1.165, 1.54) is 11.1 Å². The highest BCUT2D eigenvalue weighted by Gasteiger charge is 2.19. The maximum Gasteiger partial charge on any atom is 0.322 e. The highest BCUT2D eigenvalue weighted by molar-refractivity contribution is 5.43. The van der Waals surface area contributed by atoms with Gasteiger partial charge in [-0.1, -0.05) is 24.3 Å². The Bertz CT molecular complexity index is 594. The van der Waals surface area contributed by atoms with Crippen molar-refractivity contribution >= 4 is 11.9 Å². The van der Waals surface area contributed by atoms with E-state index in [0.29, 0.717) is 17.9 Å². The Kier molecular flexibility index (Phi) is 3.37. The molecule has 3 rings (SSSR count). The molecule has 104 valence electrons. The monoisotopic (exact) mass is 271 g/mol. The number of methoxy groups -OCH3 is 1. The molecule has 1 N–H and O–H groups in total. The van der Waals surface area contributed by atoms with Crippen molar-refractivity contribution in [2.45, 2.75) is 13.0 Å². The van der Waals surface area contributed by atoms with Crippen LogP contribution in [-0.4, -0.2) is 35.7 Å². The predicted octanol–water partition coefficient (Wildman–Crippen LogP) is 1.48. The van der Waals surface area contributed by atoms with Gasteiger partial charge in [0.05, 0.1) is 7.11 Å². The molecule has 0 saturated heterocycles. The molecule has 6 heteroatoms. The van der Waals surface area contributed by atoms with Crippen LogP contribution in [0.2, 0.25) is 0 Å². The number of ether oxygens (including phenoxy) is 1. The number of rotatable bonds is 3. The zero-order valence-electron chi connectivity index (χ0n) is 11.6. The first-order valence-electron chi connectivity index (χ1n) is 6.59. The van der Waals surface area contributed by atoms with Crippen molar-refractivity contribution in [3.63, 3.8) is 0 Å². The second kappa shape index (κ2) is 5.32. The van der Waals surface area contributed by atoms with E-state index >= 15 is 0 Å². The van der Waals surface area contributed by atoms with E-state index in [0.717, 1.165) is 19.5 Å². The average Bonchev–Trinajstić information content (AvgIpc) is 2.53. The molecule has 2 heterocycles. The molecular weight excluding hydrogens is 254 g/mol. The quantitative estimate of drug-likeness (QED) is 0.912. The Labute approximate surface area is 117 Å². The molecule has 2 aromatic rings. The summed E-state index contributed by atoms with van der Waals surface area (Å²) in [4.78, 5) is 15.0. The average molecular weight is 271 g/mol. The van der Waals surface area contributed by atoms with E-state index in [1.807, 2.05) is 0 Å². The van der Waals surface area contributed by atoms with Crippen molar-refractivity contribution in [3.05, 3.63) is 35.4 Å². The van der Waals surface area contributed by atoms with Crippen molar-refractivity contribution < 1.29 is 4.74 Å². The molecule has 6 nitrogen and oxygen atoms in total. The Hall–Kier alpha value is -2.37. The Morgan fingerprint density at radius 2 is 1.95 bits per heavy atom. The first kappa shape index (κ1) is 12.7. The normalized spacial score (nSPS) is 13.8. The van der Waals surface area contributed by atoms with Crippen LogP contribution >= 0.6 is 0 Å². The molecule has 1 aliphatic rings. The van der Waals surface area contributed by atoms with Crippen LogP contribution < -0.4 is 15.0 Å². The number of benzene rings is 1. The fourth-order valence-electron chi connectivity index (χ4n) is 2.36. The van der Waals surface area contributed by atoms with Gasteiger partial charge in [0, 0.05) is 20.1 Å². The van der Waals surface area contributed by atoms with Crippen LogP contribution in [0.3, 0.4) is 0 Å². The summed E-state index contributed by atoms with van der Waals surface area (Å²) in [7, 11) is 3.34. The Morgan fingerprint density at radius 3 is 2.70 bits per heavy atom. The zero-order chi connectivity index (χ0) is 13.9. The number of fused-ring (bicyclic) bond motifs is 1. The van der Waals surface area contributed by atoms with E-state index in [4.69, 9.17) is 4.74 Å². The SMILES string of the molecule is CNc1nc(OC)nc(N2CCc3ccccc3C2)n1. The summed E-state index contributed by atoms with van der Waals surface area (Å²) in [6.07, 6.45) is 0.999. The lowest BCUT2D eigenvalue weighted by molar-refractivity contribution is 0.378. The van der Waals surface area contributed by atoms with Gasteiger partial charge in [-0.25, -0.2) is 0 Å². The van der Waals surface area contributed by atoms with Crippen LogP contribution in [0.1, 0.15) is 11.1 Å². The zero-order valence-corrected chi connectivity index (χ0v) is 11.6. The summed E-state index contributed by atoms with van der Waals surface area (Å²) in [5, 5.41) is 2.93. The molecule has 1 aliphatic heterocycles. The molecule has 0 amide bonds. The van der Waals surface area contributed by atoms with Crippen LogP contribution in [0.15, 0.2) is 24.3 Å². The van der Waals surface area contributed by atoms with Gasteiger partial charge in [0.2, 0.25) is 11.9 Å². The number of anilines is 2. The molecule has 0 radical (unpaired) electrons. The molecule has 20 heavy (non-hydrogen) atoms. The lowest BCUT2D eigenvalue weighted by Gasteiger charge is -2.28. The fraction of sp³-hybridized carbons (Fsp3) is 0.357. The predicted molar refractivity (Wildman–Crippen MR) is 77.1 cm³/mol. The summed E-state index contributed by atoms with van der Waals surface area (Å²) in [6.45, 7) is 1.71. The van der Waals surface area contributed by atoms with E-state index in [2.05, 4.69) is 49.4 Å². The van der Waals surface area contributed by atoms with Gasteiger partial charge in [0.15, 0.2) is 0 Å². The number of nitrogens with one attached hydrogen (secondary N) is 1. The molecule has 0 saturated carbocycles. The van der Waals surface area contributed by atoms with Crippen molar-refractivity contribution in [2.24, 2.45) is 0 Å². The van der Waals surface area contributed by atoms with Crippen LogP contribution in [0.5, 0.6) is 6.01 Å². The van der Waals surface area contributed by atoms with Crippen LogP contribution in [-0.2, 0) is 13.0 Å². The molecule has 0 aliphatic carbocycles. The lowest BCUT2D eigenvalue weighted by atomic mass is 10.0. The number of nitrogens with zero attached hydrogens (tertiary/aromatic N) is 4. The third-order valence-electron chi connectivity index (χ3n) is 3.42.